The fraction of sp³-hybridized carbons (Fsp3) is 0.595. The van der Waals surface area contributed by atoms with Gasteiger partial charge < -0.3 is 24.8 Å². The number of rotatable bonds is 12. The summed E-state index contributed by atoms with van der Waals surface area (Å²) in [5.41, 5.74) is 1.29. The Bertz CT molecular complexity index is 1860. The number of carbonyl (C=O) groups excluding carboxylic acids is 2. The van der Waals surface area contributed by atoms with E-state index in [1.165, 1.54) is 25.7 Å². The zero-order valence-electron chi connectivity index (χ0n) is 32.0. The number of alkyl carbamates (subject to hydrolysis) is 1. The topological polar surface area (TPSA) is 126 Å². The molecular weight excluding hydrogens is 720 g/mol. The molecule has 2 amide bonds. The molecule has 0 bridgehead atoms. The van der Waals surface area contributed by atoms with Crippen molar-refractivity contribution in [2.45, 2.75) is 73.0 Å². The highest BCUT2D eigenvalue weighted by molar-refractivity contribution is 7.92. The van der Waals surface area contributed by atoms with E-state index in [0.29, 0.717) is 23.6 Å². The summed E-state index contributed by atoms with van der Waals surface area (Å²) in [7, 11) is -2.22. The molecule has 4 aliphatic heterocycles. The van der Waals surface area contributed by atoms with Crippen LogP contribution in [-0.2, 0) is 24.8 Å². The summed E-state index contributed by atoms with van der Waals surface area (Å²) in [5.74, 6) is -0.172. The lowest BCUT2D eigenvalue weighted by Gasteiger charge is -2.48. The first kappa shape index (κ1) is 39.3. The second kappa shape index (κ2) is 16.6. The molecule has 0 spiro atoms. The largest absolute Gasteiger partial charge is 0.453 e. The summed E-state index contributed by atoms with van der Waals surface area (Å²) in [4.78, 5) is 34.0. The van der Waals surface area contributed by atoms with E-state index in [1.54, 1.807) is 23.1 Å². The molecule has 3 atom stereocenters. The summed E-state index contributed by atoms with van der Waals surface area (Å²) in [6.45, 7) is 11.3. The van der Waals surface area contributed by atoms with Crippen LogP contribution in [0.15, 0.2) is 65.6 Å². The van der Waals surface area contributed by atoms with Crippen molar-refractivity contribution in [3.8, 4) is 6.07 Å². The van der Waals surface area contributed by atoms with E-state index in [0.717, 1.165) is 96.4 Å². The molecule has 1 N–H and O–H groups in total. The maximum absolute atomic E-state index is 14.6. The Balaban J connectivity index is 0.897. The molecule has 5 fully saturated rings. The van der Waals surface area contributed by atoms with Crippen LogP contribution in [0.1, 0.15) is 56.9 Å². The number of sulfone groups is 1. The third-order valence-electron chi connectivity index (χ3n) is 13.1. The molecule has 2 aromatic carbocycles. The third-order valence-corrected chi connectivity index (χ3v) is 15.2. The van der Waals surface area contributed by atoms with Crippen molar-refractivity contribution in [3.05, 3.63) is 72.1 Å². The minimum absolute atomic E-state index is 0.0145. The second-order valence-electron chi connectivity index (χ2n) is 16.4. The Morgan fingerprint density at radius 2 is 1.65 bits per heavy atom. The van der Waals surface area contributed by atoms with Gasteiger partial charge in [-0.05, 0) is 113 Å². The molecule has 296 valence electrons. The normalized spacial score (nSPS) is 24.3. The van der Waals surface area contributed by atoms with E-state index in [4.69, 9.17) is 4.74 Å². The van der Waals surface area contributed by atoms with Gasteiger partial charge in [0.25, 0.3) is 5.91 Å². The Morgan fingerprint density at radius 1 is 0.945 bits per heavy atom. The quantitative estimate of drug-likeness (QED) is 0.297. The van der Waals surface area contributed by atoms with Gasteiger partial charge in [-0.25, -0.2) is 17.6 Å². The van der Waals surface area contributed by atoms with E-state index in [1.807, 2.05) is 18.2 Å². The number of piperidine rings is 2. The van der Waals surface area contributed by atoms with E-state index in [9.17, 15) is 27.7 Å². The highest BCUT2D eigenvalue weighted by Gasteiger charge is 2.53. The number of hydrogen-bond donors (Lipinski definition) is 1. The summed E-state index contributed by atoms with van der Waals surface area (Å²) >= 11 is 0. The van der Waals surface area contributed by atoms with Crippen molar-refractivity contribution >= 4 is 27.5 Å². The van der Waals surface area contributed by atoms with E-state index < -0.39 is 26.6 Å². The zero-order chi connectivity index (χ0) is 38.7. The van der Waals surface area contributed by atoms with Gasteiger partial charge >= 0.3 is 6.09 Å². The minimum atomic E-state index is -3.56. The molecule has 13 heteroatoms. The molecule has 0 aromatic heterocycles. The third kappa shape index (κ3) is 8.14. The molecule has 5 aliphatic rings. The van der Waals surface area contributed by atoms with Crippen LogP contribution >= 0.6 is 0 Å². The van der Waals surface area contributed by atoms with Crippen molar-refractivity contribution in [3.63, 3.8) is 0 Å². The molecule has 0 unspecified atom stereocenters. The lowest BCUT2D eigenvalue weighted by molar-refractivity contribution is -0.130. The highest BCUT2D eigenvalue weighted by atomic mass is 32.2. The standard InChI is InChI=1S/C42H55FN6O5S/c1-30(23-46-18-4-3-5-19-46)40(50)49-27-37(28-49)55(52,53)36-14-12-35(13-15-36)48-25-31(26-48)24-47-20-16-32(17-21-47)42(29-44,33-8-6-9-34(43)22-33)38-10-7-11-39(38)45-41(51)54-2/h6,8-9,12-15,22,31-32,37-39H,1,3-5,7,10-11,16-21,23-28H2,2H3,(H,45,51)/t38-,39-,42-/m0/s1. The number of halogens is 1. The van der Waals surface area contributed by atoms with Crippen molar-refractivity contribution in [1.29, 1.82) is 5.26 Å². The highest BCUT2D eigenvalue weighted by Crippen LogP contribution is 2.50. The molecule has 4 heterocycles. The summed E-state index contributed by atoms with van der Waals surface area (Å²) < 4.78 is 46.4. The first-order valence-electron chi connectivity index (χ1n) is 20.0. The summed E-state index contributed by atoms with van der Waals surface area (Å²) in [5, 5.41) is 13.3. The van der Waals surface area contributed by atoms with Crippen molar-refractivity contribution in [1.82, 2.24) is 20.0 Å². The van der Waals surface area contributed by atoms with Gasteiger partial charge in [-0.2, -0.15) is 5.26 Å². The molecule has 4 saturated heterocycles. The number of methoxy groups -OCH3 is 1. The van der Waals surface area contributed by atoms with E-state index in [2.05, 4.69) is 32.7 Å². The molecule has 1 aliphatic carbocycles. The van der Waals surface area contributed by atoms with Crippen molar-refractivity contribution in [2.24, 2.45) is 17.8 Å². The Hall–Kier alpha value is -3.99. The Labute approximate surface area is 325 Å². The Kier molecular flexibility index (Phi) is 11.9. The predicted molar refractivity (Wildman–Crippen MR) is 209 cm³/mol. The number of ether oxygens (including phenoxy) is 1. The molecule has 11 nitrogen and oxygen atoms in total. The maximum Gasteiger partial charge on any atom is 0.407 e. The number of likely N-dealkylation sites (tertiary alicyclic amines) is 3. The van der Waals surface area contributed by atoms with E-state index >= 15 is 0 Å². The number of anilines is 1. The number of nitrogens with one attached hydrogen (secondary N) is 1. The number of benzene rings is 2. The molecule has 0 radical (unpaired) electrons. The van der Waals surface area contributed by atoms with E-state index in [-0.39, 0.29) is 47.6 Å². The van der Waals surface area contributed by atoms with Gasteiger partial charge in [-0.15, -0.1) is 0 Å². The van der Waals surface area contributed by atoms with Gasteiger partial charge in [0.2, 0.25) is 0 Å². The minimum Gasteiger partial charge on any atom is -0.453 e. The molecule has 2 aromatic rings. The molecule has 1 saturated carbocycles. The van der Waals surface area contributed by atoms with Crippen LogP contribution in [-0.4, -0.2) is 119 Å². The average Bonchev–Trinajstić information content (AvgIpc) is 3.61. The van der Waals surface area contributed by atoms with Gasteiger partial charge in [-0.3, -0.25) is 9.69 Å². The van der Waals surface area contributed by atoms with Gasteiger partial charge in [0.15, 0.2) is 9.84 Å². The molecule has 7 rings (SSSR count). The number of nitriles is 1. The van der Waals surface area contributed by atoms with Crippen molar-refractivity contribution in [2.75, 3.05) is 77.5 Å². The average molecular weight is 775 g/mol. The van der Waals surface area contributed by atoms with Crippen LogP contribution in [0.5, 0.6) is 0 Å². The fourth-order valence-electron chi connectivity index (χ4n) is 9.98. The van der Waals surface area contributed by atoms with Crippen LogP contribution in [0.3, 0.4) is 0 Å². The van der Waals surface area contributed by atoms with Crippen molar-refractivity contribution < 1.29 is 27.1 Å². The van der Waals surface area contributed by atoms with Gasteiger partial charge in [0.05, 0.1) is 23.5 Å². The van der Waals surface area contributed by atoms with Crippen LogP contribution in [0.25, 0.3) is 0 Å². The smallest absolute Gasteiger partial charge is 0.407 e. The lowest BCUT2D eigenvalue weighted by atomic mass is 9.59. The zero-order valence-corrected chi connectivity index (χ0v) is 32.8. The van der Waals surface area contributed by atoms with Gasteiger partial charge in [0.1, 0.15) is 11.1 Å². The number of amides is 2. The first-order valence-corrected chi connectivity index (χ1v) is 21.6. The van der Waals surface area contributed by atoms with Crippen LogP contribution in [0, 0.1) is 34.9 Å². The molecule has 55 heavy (non-hydrogen) atoms. The number of hydrogen-bond acceptors (Lipinski definition) is 9. The fourth-order valence-corrected chi connectivity index (χ4v) is 11.6. The summed E-state index contributed by atoms with van der Waals surface area (Å²) in [6.07, 6.45) is 7.01. The maximum atomic E-state index is 14.6. The van der Waals surface area contributed by atoms with Crippen LogP contribution in [0.2, 0.25) is 0 Å². The predicted octanol–water partition coefficient (Wildman–Crippen LogP) is 4.99. The Morgan fingerprint density at radius 3 is 2.31 bits per heavy atom. The first-order chi connectivity index (χ1) is 26.5. The second-order valence-corrected chi connectivity index (χ2v) is 18.7. The van der Waals surface area contributed by atoms with Crippen LogP contribution < -0.4 is 10.2 Å². The van der Waals surface area contributed by atoms with Gasteiger partial charge in [-0.1, -0.05) is 31.6 Å². The molecular formula is C42H55FN6O5S. The monoisotopic (exact) mass is 774 g/mol. The lowest BCUT2D eigenvalue weighted by Crippen LogP contribution is -2.57. The van der Waals surface area contributed by atoms with Crippen LogP contribution in [0.4, 0.5) is 14.9 Å². The van der Waals surface area contributed by atoms with Gasteiger partial charge in [0, 0.05) is 68.4 Å². The summed E-state index contributed by atoms with van der Waals surface area (Å²) in [6, 6.07) is 16.1. The number of nitrogens with zero attached hydrogens (tertiary/aromatic N) is 5. The SMILES string of the molecule is C=C(CN1CCCCC1)C(=O)N1CC(S(=O)(=O)c2ccc(N3CC(CN4CCC([C@@](C#N)(c5cccc(F)c5)[C@H]5CCC[C@@H]5NC(=O)OC)CC4)C3)cc2)C1. The number of carbonyl (C=O) groups is 2.